The maximum absolute atomic E-state index is 12.6. The number of benzene rings is 1. The third-order valence-electron chi connectivity index (χ3n) is 3.40. The van der Waals surface area contributed by atoms with Gasteiger partial charge in [-0.3, -0.25) is 10.1 Å². The zero-order chi connectivity index (χ0) is 19.6. The Morgan fingerprint density at radius 1 is 1.04 bits per heavy atom. The second-order valence-corrected chi connectivity index (χ2v) is 7.30. The van der Waals surface area contributed by atoms with Crippen LogP contribution in [-0.2, 0) is 10.0 Å². The minimum Gasteiger partial charge on any atom is -0.380 e. The molecule has 1 aliphatic heterocycles. The van der Waals surface area contributed by atoms with Crippen LogP contribution in [0.25, 0.3) is 0 Å². The van der Waals surface area contributed by atoms with Crippen LogP contribution in [-0.4, -0.2) is 35.8 Å². The number of hydrazone groups is 1. The predicted octanol–water partition coefficient (Wildman–Crippen LogP) is 0.305. The maximum Gasteiger partial charge on any atom is 0.263 e. The minimum absolute atomic E-state index is 0.0244. The first-order valence-electron chi connectivity index (χ1n) is 7.71. The summed E-state index contributed by atoms with van der Waals surface area (Å²) >= 11 is 0. The summed E-state index contributed by atoms with van der Waals surface area (Å²) in [5, 5.41) is 11.2. The largest absolute Gasteiger partial charge is 0.380 e. The first kappa shape index (κ1) is 18.3. The number of nitrogens with two attached hydrogens (primary N) is 2. The molecule has 0 aliphatic carbocycles. The lowest BCUT2D eigenvalue weighted by atomic mass is 10.3. The van der Waals surface area contributed by atoms with Gasteiger partial charge in [-0.15, -0.1) is 10.2 Å². The van der Waals surface area contributed by atoms with Crippen molar-refractivity contribution < 1.29 is 8.42 Å². The molecule has 2 heterocycles. The molecule has 1 aromatic heterocycles. The first-order valence-corrected chi connectivity index (χ1v) is 9.19. The Kier molecular flexibility index (Phi) is 4.73. The van der Waals surface area contributed by atoms with Gasteiger partial charge in [-0.05, 0) is 32.0 Å². The Morgan fingerprint density at radius 3 is 2.41 bits per heavy atom. The van der Waals surface area contributed by atoms with E-state index in [1.165, 1.54) is 12.1 Å². The normalized spacial score (nSPS) is 13.8. The first-order chi connectivity index (χ1) is 12.7. The molecule has 12 heteroatoms. The fourth-order valence-corrected chi connectivity index (χ4v) is 3.30. The van der Waals surface area contributed by atoms with Gasteiger partial charge in [0.05, 0.1) is 10.6 Å². The van der Waals surface area contributed by atoms with Crippen LogP contribution in [0.4, 0.5) is 11.5 Å². The molecule has 1 aromatic carbocycles. The highest BCUT2D eigenvalue weighted by atomic mass is 32.2. The lowest BCUT2D eigenvalue weighted by molar-refractivity contribution is 0.601. The molecule has 0 saturated heterocycles. The third-order valence-corrected chi connectivity index (χ3v) is 4.75. The zero-order valence-electron chi connectivity index (χ0n) is 14.5. The van der Waals surface area contributed by atoms with Crippen molar-refractivity contribution in [3.05, 3.63) is 41.9 Å². The monoisotopic (exact) mass is 387 g/mol. The molecule has 0 unspecified atom stereocenters. The number of rotatable bonds is 5. The number of nitrogens with one attached hydrogen (secondary N) is 2. The number of nitrogens with zero attached hydrogens (tertiary/aromatic N) is 5. The Hall–Kier alpha value is -3.54. The number of hydrogen-bond acceptors (Lipinski definition) is 10. The molecule has 6 N–H and O–H groups in total. The van der Waals surface area contributed by atoms with Crippen molar-refractivity contribution in [2.75, 3.05) is 10.1 Å². The lowest BCUT2D eigenvalue weighted by Gasteiger charge is -2.10. The van der Waals surface area contributed by atoms with Gasteiger partial charge in [-0.2, -0.15) is 5.10 Å². The smallest absolute Gasteiger partial charge is 0.263 e. The number of amidine groups is 2. The number of hydrogen-bond donors (Lipinski definition) is 4. The molecule has 0 bridgehead atoms. The Morgan fingerprint density at radius 2 is 1.74 bits per heavy atom. The average Bonchev–Trinajstić information content (AvgIpc) is 2.90. The van der Waals surface area contributed by atoms with Crippen LogP contribution < -0.4 is 21.6 Å². The van der Waals surface area contributed by atoms with E-state index in [4.69, 9.17) is 11.5 Å². The predicted molar refractivity (Wildman–Crippen MR) is 103 cm³/mol. The van der Waals surface area contributed by atoms with E-state index in [9.17, 15) is 8.42 Å². The second-order valence-electron chi connectivity index (χ2n) is 5.62. The van der Waals surface area contributed by atoms with Crippen molar-refractivity contribution in [2.45, 2.75) is 18.7 Å². The highest BCUT2D eigenvalue weighted by Gasteiger charge is 2.18. The van der Waals surface area contributed by atoms with Crippen molar-refractivity contribution in [3.63, 3.8) is 0 Å². The van der Waals surface area contributed by atoms with Crippen LogP contribution in [0.5, 0.6) is 0 Å². The molecule has 3 rings (SSSR count). The van der Waals surface area contributed by atoms with E-state index in [1.807, 2.05) is 0 Å². The number of aromatic nitrogens is 2. The fraction of sp³-hybridized carbons (Fsp3) is 0.133. The van der Waals surface area contributed by atoms with Crippen LogP contribution in [0, 0.1) is 13.8 Å². The minimum atomic E-state index is -3.85. The summed E-state index contributed by atoms with van der Waals surface area (Å²) < 4.78 is 27.7. The third kappa shape index (κ3) is 4.17. The maximum atomic E-state index is 12.6. The van der Waals surface area contributed by atoms with Gasteiger partial charge in [0, 0.05) is 11.8 Å². The molecule has 11 nitrogen and oxygen atoms in total. The van der Waals surface area contributed by atoms with Gasteiger partial charge >= 0.3 is 0 Å². The summed E-state index contributed by atoms with van der Waals surface area (Å²) in [5.74, 6) is 0.798. The summed E-state index contributed by atoms with van der Waals surface area (Å²) in [7, 11) is -3.85. The standard InChI is InChI=1S/C15H17N9O2S/c1-8-6-12(19-9(2)18-8)24-27(25,26)11-5-3-4-10(7-11)20-21-13-14(16)22-23-15(13)17/h3-7,20H,1-2H3,(H,18,19,24)(H4,16,17,21,22,23). The zero-order valence-corrected chi connectivity index (χ0v) is 15.3. The van der Waals surface area contributed by atoms with Crippen molar-refractivity contribution >= 4 is 38.9 Å². The Labute approximate surface area is 155 Å². The lowest BCUT2D eigenvalue weighted by Crippen LogP contribution is -2.32. The van der Waals surface area contributed by atoms with E-state index in [0.29, 0.717) is 17.2 Å². The highest BCUT2D eigenvalue weighted by molar-refractivity contribution is 7.92. The number of sulfonamides is 1. The quantitative estimate of drug-likeness (QED) is 0.534. The number of anilines is 2. The van der Waals surface area contributed by atoms with Crippen LogP contribution in [0.15, 0.2) is 50.5 Å². The van der Waals surface area contributed by atoms with Gasteiger partial charge in [0.25, 0.3) is 10.0 Å². The SMILES string of the molecule is Cc1cc(NS(=O)(=O)c2cccc(NN=C3C(N)=NN=C3N)c2)nc(C)n1. The summed E-state index contributed by atoms with van der Waals surface area (Å²) in [6, 6.07) is 7.60. The summed E-state index contributed by atoms with van der Waals surface area (Å²) in [6.45, 7) is 3.44. The molecule has 140 valence electrons. The molecular formula is C15H17N9O2S. The molecule has 0 spiro atoms. The Bertz CT molecular complexity index is 1050. The van der Waals surface area contributed by atoms with Crippen molar-refractivity contribution in [1.82, 2.24) is 9.97 Å². The molecule has 1 aliphatic rings. The molecule has 0 saturated carbocycles. The second kappa shape index (κ2) is 6.99. The van der Waals surface area contributed by atoms with Gasteiger partial charge in [-0.25, -0.2) is 18.4 Å². The van der Waals surface area contributed by atoms with Gasteiger partial charge in [0.2, 0.25) is 0 Å². The van der Waals surface area contributed by atoms with Crippen molar-refractivity contribution in [1.29, 1.82) is 0 Å². The van der Waals surface area contributed by atoms with E-state index in [-0.39, 0.29) is 28.1 Å². The highest BCUT2D eigenvalue weighted by Crippen LogP contribution is 2.19. The molecule has 0 fully saturated rings. The fourth-order valence-electron chi connectivity index (χ4n) is 2.27. The van der Waals surface area contributed by atoms with E-state index < -0.39 is 10.0 Å². The Balaban J connectivity index is 1.83. The van der Waals surface area contributed by atoms with E-state index in [0.717, 1.165) is 0 Å². The number of aryl methyl sites for hydroxylation is 2. The molecule has 0 amide bonds. The van der Waals surface area contributed by atoms with Crippen LogP contribution in [0.1, 0.15) is 11.5 Å². The summed E-state index contributed by atoms with van der Waals surface area (Å²) in [5.41, 5.74) is 15.2. The van der Waals surface area contributed by atoms with E-state index >= 15 is 0 Å². The van der Waals surface area contributed by atoms with Gasteiger partial charge < -0.3 is 11.5 Å². The molecule has 0 radical (unpaired) electrons. The summed E-state index contributed by atoms with van der Waals surface area (Å²) in [4.78, 5) is 8.22. The van der Waals surface area contributed by atoms with Crippen LogP contribution in [0.3, 0.4) is 0 Å². The van der Waals surface area contributed by atoms with E-state index in [1.54, 1.807) is 32.0 Å². The van der Waals surface area contributed by atoms with Gasteiger partial charge in [0.15, 0.2) is 17.4 Å². The van der Waals surface area contributed by atoms with E-state index in [2.05, 4.69) is 35.4 Å². The van der Waals surface area contributed by atoms with Crippen molar-refractivity contribution in [3.8, 4) is 0 Å². The molecule has 2 aromatic rings. The van der Waals surface area contributed by atoms with Crippen molar-refractivity contribution in [2.24, 2.45) is 26.8 Å². The topological polar surface area (TPSA) is 173 Å². The van der Waals surface area contributed by atoms with Crippen LogP contribution >= 0.6 is 0 Å². The molecule has 27 heavy (non-hydrogen) atoms. The van der Waals surface area contributed by atoms with Crippen LogP contribution in [0.2, 0.25) is 0 Å². The molecule has 0 atom stereocenters. The average molecular weight is 387 g/mol. The van der Waals surface area contributed by atoms with Gasteiger partial charge in [0.1, 0.15) is 11.6 Å². The summed E-state index contributed by atoms with van der Waals surface area (Å²) in [6.07, 6.45) is 0. The molecular weight excluding hydrogens is 370 g/mol. The van der Waals surface area contributed by atoms with Gasteiger partial charge in [-0.1, -0.05) is 6.07 Å².